The van der Waals surface area contributed by atoms with Gasteiger partial charge in [0.1, 0.15) is 0 Å². The predicted molar refractivity (Wildman–Crippen MR) is 77.0 cm³/mol. The molecule has 0 saturated carbocycles. The first kappa shape index (κ1) is 15.0. The molecule has 1 fully saturated rings. The lowest BCUT2D eigenvalue weighted by Crippen LogP contribution is -2.44. The summed E-state index contributed by atoms with van der Waals surface area (Å²) in [6.45, 7) is 6.53. The summed E-state index contributed by atoms with van der Waals surface area (Å²) in [5, 5.41) is 19.2. The molecule has 0 radical (unpaired) electrons. The lowest BCUT2D eigenvalue weighted by atomic mass is 10.2. The number of aryl methyl sites for hydroxylation is 1. The topological polar surface area (TPSA) is 68.9 Å². The molecule has 0 spiro atoms. The highest BCUT2D eigenvalue weighted by molar-refractivity contribution is 5.29. The van der Waals surface area contributed by atoms with Crippen molar-refractivity contribution in [1.29, 1.82) is 0 Å². The third-order valence-corrected chi connectivity index (χ3v) is 3.89. The zero-order chi connectivity index (χ0) is 14.7. The van der Waals surface area contributed by atoms with Crippen LogP contribution in [-0.2, 0) is 13.1 Å². The van der Waals surface area contributed by atoms with E-state index in [4.69, 9.17) is 5.11 Å². The van der Waals surface area contributed by atoms with Crippen LogP contribution in [0.3, 0.4) is 0 Å². The minimum Gasteiger partial charge on any atom is -0.503 e. The van der Waals surface area contributed by atoms with Gasteiger partial charge in [-0.1, -0.05) is 0 Å². The van der Waals surface area contributed by atoms with Crippen molar-refractivity contribution < 1.29 is 10.2 Å². The van der Waals surface area contributed by atoms with Crippen LogP contribution in [0.15, 0.2) is 10.9 Å². The molecule has 2 rings (SSSR count). The number of piperazine rings is 1. The molecule has 0 aliphatic carbocycles. The number of hydrogen-bond donors (Lipinski definition) is 2. The van der Waals surface area contributed by atoms with E-state index in [1.54, 1.807) is 0 Å². The van der Waals surface area contributed by atoms with Crippen LogP contribution in [-0.4, -0.2) is 64.4 Å². The summed E-state index contributed by atoms with van der Waals surface area (Å²) >= 11 is 0. The van der Waals surface area contributed by atoms with Crippen molar-refractivity contribution in [2.24, 2.45) is 0 Å². The molecule has 2 N–H and O–H groups in total. The van der Waals surface area contributed by atoms with Gasteiger partial charge in [0.2, 0.25) is 5.43 Å². The van der Waals surface area contributed by atoms with Gasteiger partial charge in [-0.05, 0) is 14.0 Å². The molecule has 0 bridgehead atoms. The maximum absolute atomic E-state index is 11.8. The van der Waals surface area contributed by atoms with E-state index in [9.17, 15) is 9.90 Å². The zero-order valence-corrected chi connectivity index (χ0v) is 12.2. The number of pyridine rings is 1. The predicted octanol–water partition coefficient (Wildman–Crippen LogP) is -0.398. The fourth-order valence-corrected chi connectivity index (χ4v) is 2.61. The smallest absolute Gasteiger partial charge is 0.223 e. The van der Waals surface area contributed by atoms with Crippen LogP contribution >= 0.6 is 0 Å². The van der Waals surface area contributed by atoms with E-state index in [2.05, 4.69) is 16.8 Å². The second-order valence-corrected chi connectivity index (χ2v) is 5.40. The van der Waals surface area contributed by atoms with Gasteiger partial charge in [-0.2, -0.15) is 0 Å². The van der Waals surface area contributed by atoms with E-state index in [1.165, 1.54) is 6.07 Å². The summed E-state index contributed by atoms with van der Waals surface area (Å²) in [6.07, 6.45) is 0. The van der Waals surface area contributed by atoms with Crippen molar-refractivity contribution in [2.75, 3.05) is 39.8 Å². The second kappa shape index (κ2) is 6.39. The molecule has 6 nitrogen and oxygen atoms in total. The molecule has 6 heteroatoms. The standard InChI is InChI=1S/C14H23N3O3/c1-11-9-13(19)14(20)12(17(11)7-8-18)10-16-5-3-15(2)4-6-16/h9,18,20H,3-8,10H2,1-2H3. The highest BCUT2D eigenvalue weighted by Gasteiger charge is 2.19. The first-order chi connectivity index (χ1) is 9.52. The molecule has 0 aromatic carbocycles. The van der Waals surface area contributed by atoms with Crippen molar-refractivity contribution in [3.8, 4) is 5.75 Å². The van der Waals surface area contributed by atoms with Crippen LogP contribution in [0.25, 0.3) is 0 Å². The molecule has 2 heterocycles. The Morgan fingerprint density at radius 1 is 1.25 bits per heavy atom. The Kier molecular flexibility index (Phi) is 4.80. The van der Waals surface area contributed by atoms with Crippen molar-refractivity contribution in [2.45, 2.75) is 20.0 Å². The van der Waals surface area contributed by atoms with E-state index in [1.807, 2.05) is 11.5 Å². The van der Waals surface area contributed by atoms with Gasteiger partial charge < -0.3 is 19.7 Å². The van der Waals surface area contributed by atoms with Crippen molar-refractivity contribution in [3.63, 3.8) is 0 Å². The molecular formula is C14H23N3O3. The van der Waals surface area contributed by atoms with Crippen LogP contribution < -0.4 is 5.43 Å². The second-order valence-electron chi connectivity index (χ2n) is 5.40. The number of likely N-dealkylation sites (N-methyl/N-ethyl adjacent to an activating group) is 1. The first-order valence-corrected chi connectivity index (χ1v) is 6.97. The van der Waals surface area contributed by atoms with Crippen LogP contribution in [0.5, 0.6) is 5.75 Å². The monoisotopic (exact) mass is 281 g/mol. The number of nitrogens with zero attached hydrogens (tertiary/aromatic N) is 3. The summed E-state index contributed by atoms with van der Waals surface area (Å²) in [4.78, 5) is 16.2. The quantitative estimate of drug-likeness (QED) is 0.786. The lowest BCUT2D eigenvalue weighted by Gasteiger charge is -2.33. The molecule has 1 aromatic heterocycles. The third kappa shape index (κ3) is 3.20. The molecule has 1 aliphatic heterocycles. The van der Waals surface area contributed by atoms with Crippen LogP contribution in [0.2, 0.25) is 0 Å². The highest BCUT2D eigenvalue weighted by Crippen LogP contribution is 2.17. The summed E-state index contributed by atoms with van der Waals surface area (Å²) < 4.78 is 1.83. The number of aliphatic hydroxyl groups excluding tert-OH is 1. The highest BCUT2D eigenvalue weighted by atomic mass is 16.3. The van der Waals surface area contributed by atoms with Gasteiger partial charge in [-0.25, -0.2) is 0 Å². The lowest BCUT2D eigenvalue weighted by molar-refractivity contribution is 0.143. The Balaban J connectivity index is 2.27. The van der Waals surface area contributed by atoms with Crippen molar-refractivity contribution >= 4 is 0 Å². The van der Waals surface area contributed by atoms with E-state index in [0.29, 0.717) is 18.8 Å². The van der Waals surface area contributed by atoms with E-state index < -0.39 is 0 Å². The first-order valence-electron chi connectivity index (χ1n) is 6.97. The van der Waals surface area contributed by atoms with Gasteiger partial charge in [0.15, 0.2) is 5.75 Å². The maximum Gasteiger partial charge on any atom is 0.223 e. The van der Waals surface area contributed by atoms with Crippen molar-refractivity contribution in [3.05, 3.63) is 27.7 Å². The van der Waals surface area contributed by atoms with Crippen LogP contribution in [0, 0.1) is 6.92 Å². The molecule has 1 aliphatic rings. The minimum absolute atomic E-state index is 0.0150. The average Bonchev–Trinajstić information content (AvgIpc) is 2.42. The molecule has 0 amide bonds. The van der Waals surface area contributed by atoms with Gasteiger partial charge in [0.25, 0.3) is 0 Å². The molecule has 1 aromatic rings. The van der Waals surface area contributed by atoms with E-state index in [0.717, 1.165) is 31.9 Å². The third-order valence-electron chi connectivity index (χ3n) is 3.89. The van der Waals surface area contributed by atoms with Gasteiger partial charge >= 0.3 is 0 Å². The van der Waals surface area contributed by atoms with Crippen molar-refractivity contribution in [1.82, 2.24) is 14.4 Å². The maximum atomic E-state index is 11.8. The molecule has 112 valence electrons. The molecule has 0 atom stereocenters. The normalized spacial score (nSPS) is 17.6. The summed E-state index contributed by atoms with van der Waals surface area (Å²) in [6, 6.07) is 1.42. The zero-order valence-electron chi connectivity index (χ0n) is 12.2. The fourth-order valence-electron chi connectivity index (χ4n) is 2.61. The Hall–Kier alpha value is -1.37. The van der Waals surface area contributed by atoms with E-state index >= 15 is 0 Å². The largest absolute Gasteiger partial charge is 0.503 e. The van der Waals surface area contributed by atoms with Crippen LogP contribution in [0.4, 0.5) is 0 Å². The number of rotatable bonds is 4. The number of aliphatic hydroxyl groups is 1. The van der Waals surface area contributed by atoms with Gasteiger partial charge in [0, 0.05) is 51.0 Å². The molecule has 0 unspecified atom stereocenters. The number of hydrogen-bond acceptors (Lipinski definition) is 5. The Bertz CT molecular complexity index is 519. The number of aromatic nitrogens is 1. The summed E-state index contributed by atoms with van der Waals surface area (Å²) in [7, 11) is 2.09. The SMILES string of the molecule is Cc1cc(=O)c(O)c(CN2CCN(C)CC2)n1CCO. The molecular weight excluding hydrogens is 258 g/mol. The molecule has 1 saturated heterocycles. The summed E-state index contributed by atoms with van der Waals surface area (Å²) in [5.41, 5.74) is 1.03. The van der Waals surface area contributed by atoms with Gasteiger partial charge in [0.05, 0.1) is 12.3 Å². The fraction of sp³-hybridized carbons (Fsp3) is 0.643. The minimum atomic E-state index is -0.346. The average molecular weight is 281 g/mol. The van der Waals surface area contributed by atoms with Gasteiger partial charge in [-0.15, -0.1) is 0 Å². The molecule has 20 heavy (non-hydrogen) atoms. The number of aromatic hydroxyl groups is 1. The Morgan fingerprint density at radius 3 is 2.50 bits per heavy atom. The Morgan fingerprint density at radius 2 is 1.90 bits per heavy atom. The van der Waals surface area contributed by atoms with E-state index in [-0.39, 0.29) is 17.8 Å². The van der Waals surface area contributed by atoms with Crippen LogP contribution in [0.1, 0.15) is 11.4 Å². The summed E-state index contributed by atoms with van der Waals surface area (Å²) in [5.74, 6) is -0.192. The van der Waals surface area contributed by atoms with Gasteiger partial charge in [-0.3, -0.25) is 9.69 Å². The Labute approximate surface area is 118 Å².